The maximum atomic E-state index is 12.3. The van der Waals surface area contributed by atoms with E-state index in [4.69, 9.17) is 4.74 Å². The van der Waals surface area contributed by atoms with Gasteiger partial charge in [0.15, 0.2) is 0 Å². The number of benzene rings is 1. The minimum absolute atomic E-state index is 0.118. The molecule has 0 amide bonds. The lowest BCUT2D eigenvalue weighted by Gasteiger charge is -2.39. The lowest BCUT2D eigenvalue weighted by atomic mass is 9.92. The van der Waals surface area contributed by atoms with E-state index in [-0.39, 0.29) is 24.0 Å². The van der Waals surface area contributed by atoms with E-state index < -0.39 is 0 Å². The number of ether oxygens (including phenoxy) is 1. The zero-order valence-electron chi connectivity index (χ0n) is 12.5. The van der Waals surface area contributed by atoms with Gasteiger partial charge in [-0.25, -0.2) is 0 Å². The van der Waals surface area contributed by atoms with Gasteiger partial charge in [-0.2, -0.15) is 0 Å². The fraction of sp³-hybridized carbons (Fsp3) is 0.471. The predicted molar refractivity (Wildman–Crippen MR) is 80.2 cm³/mol. The van der Waals surface area contributed by atoms with Crippen molar-refractivity contribution in [1.29, 1.82) is 0 Å². The molecule has 1 aromatic rings. The highest BCUT2D eigenvalue weighted by molar-refractivity contribution is 5.76. The first-order chi connectivity index (χ1) is 9.63. The molecule has 0 aliphatic carbocycles. The molecule has 1 aliphatic rings. The molecule has 0 saturated heterocycles. The molecule has 0 spiro atoms. The minimum Gasteiger partial charge on any atom is -0.465 e. The van der Waals surface area contributed by atoms with Crippen molar-refractivity contribution in [2.24, 2.45) is 5.92 Å². The van der Waals surface area contributed by atoms with Crippen molar-refractivity contribution in [1.82, 2.24) is 4.90 Å². The molecule has 1 aromatic carbocycles. The molecule has 3 atom stereocenters. The Bertz CT molecular complexity index is 469. The van der Waals surface area contributed by atoms with Crippen molar-refractivity contribution in [3.8, 4) is 0 Å². The molecule has 0 fully saturated rings. The van der Waals surface area contributed by atoms with Crippen molar-refractivity contribution in [2.45, 2.75) is 39.4 Å². The normalized spacial score (nSPS) is 26.4. The largest absolute Gasteiger partial charge is 0.465 e. The van der Waals surface area contributed by atoms with E-state index in [2.05, 4.69) is 43.0 Å². The Morgan fingerprint density at radius 1 is 1.20 bits per heavy atom. The summed E-state index contributed by atoms with van der Waals surface area (Å²) < 4.78 is 5.25. The Labute approximate surface area is 121 Å². The molecule has 1 aliphatic heterocycles. The molecule has 0 saturated carbocycles. The zero-order valence-corrected chi connectivity index (χ0v) is 12.5. The Hall–Kier alpha value is -1.61. The molecule has 1 heterocycles. The van der Waals surface area contributed by atoms with Crippen LogP contribution in [0.1, 0.15) is 26.3 Å². The average molecular weight is 273 g/mol. The summed E-state index contributed by atoms with van der Waals surface area (Å²) in [5, 5.41) is 0. The molecule has 20 heavy (non-hydrogen) atoms. The summed E-state index contributed by atoms with van der Waals surface area (Å²) in [4.78, 5) is 14.5. The molecule has 3 nitrogen and oxygen atoms in total. The van der Waals surface area contributed by atoms with Crippen LogP contribution in [0.5, 0.6) is 0 Å². The molecule has 0 N–H and O–H groups in total. The van der Waals surface area contributed by atoms with Crippen LogP contribution in [0.4, 0.5) is 0 Å². The first-order valence-corrected chi connectivity index (χ1v) is 7.28. The number of hydrogen-bond acceptors (Lipinski definition) is 3. The maximum absolute atomic E-state index is 12.3. The number of nitrogens with zero attached hydrogens (tertiary/aromatic N) is 1. The summed E-state index contributed by atoms with van der Waals surface area (Å²) in [5.74, 6) is 0.0566. The zero-order chi connectivity index (χ0) is 14.5. The summed E-state index contributed by atoms with van der Waals surface area (Å²) >= 11 is 0. The van der Waals surface area contributed by atoms with Gasteiger partial charge in [0.2, 0.25) is 0 Å². The average Bonchev–Trinajstić information content (AvgIpc) is 2.44. The van der Waals surface area contributed by atoms with Gasteiger partial charge >= 0.3 is 5.97 Å². The Kier molecular flexibility index (Phi) is 4.96. The van der Waals surface area contributed by atoms with Crippen LogP contribution in [0.3, 0.4) is 0 Å². The number of carbonyl (C=O) groups is 1. The monoisotopic (exact) mass is 273 g/mol. The van der Waals surface area contributed by atoms with Crippen molar-refractivity contribution >= 4 is 5.97 Å². The standard InChI is InChI=1S/C17H23NO2/c1-4-20-17(19)16-13(2)10-11-14(3)18(16)12-15-8-6-5-7-9-15/h5-11,13-14,16H,4,12H2,1-3H3. The van der Waals surface area contributed by atoms with E-state index in [1.54, 1.807) is 0 Å². The van der Waals surface area contributed by atoms with E-state index in [1.165, 1.54) is 5.56 Å². The number of esters is 1. The third-order valence-electron chi connectivity index (χ3n) is 3.81. The highest BCUT2D eigenvalue weighted by Crippen LogP contribution is 2.25. The third-order valence-corrected chi connectivity index (χ3v) is 3.81. The molecule has 3 heteroatoms. The van der Waals surface area contributed by atoms with Crippen molar-refractivity contribution < 1.29 is 9.53 Å². The molecular weight excluding hydrogens is 250 g/mol. The maximum Gasteiger partial charge on any atom is 0.323 e. The second kappa shape index (κ2) is 6.71. The van der Waals surface area contributed by atoms with Gasteiger partial charge in [-0.1, -0.05) is 49.4 Å². The molecule has 0 aromatic heterocycles. The van der Waals surface area contributed by atoms with E-state index in [1.807, 2.05) is 25.1 Å². The van der Waals surface area contributed by atoms with Crippen LogP contribution in [0, 0.1) is 5.92 Å². The van der Waals surface area contributed by atoms with Crippen molar-refractivity contribution in [2.75, 3.05) is 6.61 Å². The van der Waals surface area contributed by atoms with Gasteiger partial charge in [0, 0.05) is 18.5 Å². The van der Waals surface area contributed by atoms with Gasteiger partial charge in [0.1, 0.15) is 6.04 Å². The van der Waals surface area contributed by atoms with Crippen LogP contribution in [0.2, 0.25) is 0 Å². The van der Waals surface area contributed by atoms with Crippen LogP contribution >= 0.6 is 0 Å². The lowest BCUT2D eigenvalue weighted by Crippen LogP contribution is -2.51. The minimum atomic E-state index is -0.199. The molecular formula is C17H23NO2. The van der Waals surface area contributed by atoms with Gasteiger partial charge in [-0.15, -0.1) is 0 Å². The van der Waals surface area contributed by atoms with Crippen LogP contribution < -0.4 is 0 Å². The van der Waals surface area contributed by atoms with Crippen LogP contribution in [0.25, 0.3) is 0 Å². The van der Waals surface area contributed by atoms with Crippen molar-refractivity contribution in [3.63, 3.8) is 0 Å². The van der Waals surface area contributed by atoms with Gasteiger partial charge < -0.3 is 4.74 Å². The van der Waals surface area contributed by atoms with Gasteiger partial charge in [-0.05, 0) is 19.4 Å². The Morgan fingerprint density at radius 2 is 1.90 bits per heavy atom. The van der Waals surface area contributed by atoms with E-state index >= 15 is 0 Å². The highest BCUT2D eigenvalue weighted by atomic mass is 16.5. The van der Waals surface area contributed by atoms with E-state index in [9.17, 15) is 4.79 Å². The Balaban J connectivity index is 2.21. The first kappa shape index (κ1) is 14.8. The molecule has 108 valence electrons. The highest BCUT2D eigenvalue weighted by Gasteiger charge is 2.36. The molecule has 0 radical (unpaired) electrons. The van der Waals surface area contributed by atoms with Gasteiger partial charge in [0.05, 0.1) is 6.61 Å². The Morgan fingerprint density at radius 3 is 2.55 bits per heavy atom. The SMILES string of the molecule is CCOC(=O)C1C(C)C=CC(C)N1Cc1ccccc1. The van der Waals surface area contributed by atoms with Gasteiger partial charge in [-0.3, -0.25) is 9.69 Å². The summed E-state index contributed by atoms with van der Waals surface area (Å²) in [6.07, 6.45) is 4.29. The fourth-order valence-corrected chi connectivity index (χ4v) is 2.72. The van der Waals surface area contributed by atoms with E-state index in [0.717, 1.165) is 6.54 Å². The van der Waals surface area contributed by atoms with Crippen LogP contribution in [-0.2, 0) is 16.1 Å². The number of carbonyl (C=O) groups excluding carboxylic acids is 1. The lowest BCUT2D eigenvalue weighted by molar-refractivity contribution is -0.152. The summed E-state index contributed by atoms with van der Waals surface area (Å²) in [7, 11) is 0. The molecule has 3 unspecified atom stereocenters. The quantitative estimate of drug-likeness (QED) is 0.624. The summed E-state index contributed by atoms with van der Waals surface area (Å²) in [5.41, 5.74) is 1.22. The topological polar surface area (TPSA) is 29.5 Å². The van der Waals surface area contributed by atoms with E-state index in [0.29, 0.717) is 6.61 Å². The smallest absolute Gasteiger partial charge is 0.323 e. The third kappa shape index (κ3) is 3.28. The number of hydrogen-bond donors (Lipinski definition) is 0. The predicted octanol–water partition coefficient (Wildman–Crippen LogP) is 3.01. The summed E-state index contributed by atoms with van der Waals surface area (Å²) in [6.45, 7) is 7.24. The van der Waals surface area contributed by atoms with Gasteiger partial charge in [0.25, 0.3) is 0 Å². The summed E-state index contributed by atoms with van der Waals surface area (Å²) in [6, 6.07) is 10.3. The fourth-order valence-electron chi connectivity index (χ4n) is 2.72. The van der Waals surface area contributed by atoms with Crippen LogP contribution in [0.15, 0.2) is 42.5 Å². The van der Waals surface area contributed by atoms with Crippen molar-refractivity contribution in [3.05, 3.63) is 48.0 Å². The molecule has 2 rings (SSSR count). The molecule has 0 bridgehead atoms. The van der Waals surface area contributed by atoms with Crippen LogP contribution in [-0.4, -0.2) is 29.6 Å². The second-order valence-corrected chi connectivity index (χ2v) is 5.34. The number of rotatable bonds is 4. The second-order valence-electron chi connectivity index (χ2n) is 5.34. The first-order valence-electron chi connectivity index (χ1n) is 7.28.